The minimum absolute atomic E-state index is 0.329. The summed E-state index contributed by atoms with van der Waals surface area (Å²) >= 11 is 0. The summed E-state index contributed by atoms with van der Waals surface area (Å²) < 4.78 is 0. The van der Waals surface area contributed by atoms with Crippen LogP contribution in [0.15, 0.2) is 55.1 Å². The quantitative estimate of drug-likeness (QED) is 0.801. The second-order valence-electron chi connectivity index (χ2n) is 4.76. The molecule has 0 heterocycles. The van der Waals surface area contributed by atoms with Crippen LogP contribution in [-0.2, 0) is 4.79 Å². The summed E-state index contributed by atoms with van der Waals surface area (Å²) in [7, 11) is 0. The third kappa shape index (κ3) is 3.48. The number of allylic oxidation sites excluding steroid dienone is 1. The number of carbonyl (C=O) groups is 2. The zero-order chi connectivity index (χ0) is 15.2. The van der Waals surface area contributed by atoms with E-state index in [1.165, 1.54) is 0 Å². The molecule has 21 heavy (non-hydrogen) atoms. The van der Waals surface area contributed by atoms with E-state index < -0.39 is 12.0 Å². The number of carboxylic acids is 1. The van der Waals surface area contributed by atoms with Crippen molar-refractivity contribution < 1.29 is 14.7 Å². The van der Waals surface area contributed by atoms with Crippen molar-refractivity contribution in [1.82, 2.24) is 5.32 Å². The Balaban J connectivity index is 2.25. The normalized spacial score (nSPS) is 11.8. The van der Waals surface area contributed by atoms with Gasteiger partial charge in [0.15, 0.2) is 0 Å². The van der Waals surface area contributed by atoms with Crippen LogP contribution >= 0.6 is 0 Å². The molecule has 0 spiro atoms. The van der Waals surface area contributed by atoms with Crippen LogP contribution in [0.3, 0.4) is 0 Å². The lowest BCUT2D eigenvalue weighted by molar-refractivity contribution is -0.139. The molecule has 2 aromatic carbocycles. The first-order valence-corrected chi connectivity index (χ1v) is 6.76. The zero-order valence-corrected chi connectivity index (χ0v) is 11.6. The van der Waals surface area contributed by atoms with E-state index in [1.54, 1.807) is 18.2 Å². The van der Waals surface area contributed by atoms with Crippen LogP contribution in [0.5, 0.6) is 0 Å². The lowest BCUT2D eigenvalue weighted by Gasteiger charge is -2.14. The Morgan fingerprint density at radius 3 is 2.62 bits per heavy atom. The lowest BCUT2D eigenvalue weighted by atomic mass is 10.0. The van der Waals surface area contributed by atoms with Gasteiger partial charge in [0.25, 0.3) is 5.91 Å². The molecule has 2 rings (SSSR count). The first-order valence-electron chi connectivity index (χ1n) is 6.76. The molecule has 0 aliphatic heterocycles. The highest BCUT2D eigenvalue weighted by Gasteiger charge is 2.20. The van der Waals surface area contributed by atoms with Gasteiger partial charge in [-0.05, 0) is 29.7 Å². The van der Waals surface area contributed by atoms with Crippen molar-refractivity contribution in [1.29, 1.82) is 0 Å². The van der Waals surface area contributed by atoms with Crippen molar-refractivity contribution in [2.24, 2.45) is 0 Å². The number of carboxylic acid groups (broad SMARTS) is 1. The maximum absolute atomic E-state index is 12.3. The Labute approximate surface area is 123 Å². The predicted molar refractivity (Wildman–Crippen MR) is 82.3 cm³/mol. The van der Waals surface area contributed by atoms with Gasteiger partial charge in [0.05, 0.1) is 0 Å². The molecule has 2 N–H and O–H groups in total. The summed E-state index contributed by atoms with van der Waals surface area (Å²) in [6, 6.07) is 12.0. The molecule has 0 radical (unpaired) electrons. The van der Waals surface area contributed by atoms with Crippen LogP contribution in [0, 0.1) is 0 Å². The van der Waals surface area contributed by atoms with Crippen LogP contribution in [-0.4, -0.2) is 23.0 Å². The Kier molecular flexibility index (Phi) is 4.72. The number of nitrogens with one attached hydrogen (secondary N) is 1. The van der Waals surface area contributed by atoms with Gasteiger partial charge in [-0.1, -0.05) is 42.5 Å². The van der Waals surface area contributed by atoms with Gasteiger partial charge in [0, 0.05) is 5.56 Å². The number of hydrogen-bond acceptors (Lipinski definition) is 2. The molecule has 1 amide bonds. The van der Waals surface area contributed by atoms with Crippen molar-refractivity contribution >= 4 is 22.6 Å². The average Bonchev–Trinajstić information content (AvgIpc) is 2.50. The fraction of sp³-hybridized carbons (Fsp3) is 0.176. The van der Waals surface area contributed by atoms with Crippen LogP contribution in [0.25, 0.3) is 10.8 Å². The molecule has 0 saturated carbocycles. The summed E-state index contributed by atoms with van der Waals surface area (Å²) in [6.45, 7) is 3.56. The van der Waals surface area contributed by atoms with Crippen LogP contribution in [0.1, 0.15) is 23.2 Å². The zero-order valence-electron chi connectivity index (χ0n) is 11.6. The molecule has 0 saturated heterocycles. The maximum atomic E-state index is 12.3. The van der Waals surface area contributed by atoms with E-state index in [-0.39, 0.29) is 5.91 Å². The number of aliphatic carboxylic acids is 1. The summed E-state index contributed by atoms with van der Waals surface area (Å²) in [5.41, 5.74) is 0.484. The van der Waals surface area contributed by atoms with Crippen molar-refractivity contribution in [3.05, 3.63) is 60.7 Å². The Morgan fingerprint density at radius 2 is 1.90 bits per heavy atom. The van der Waals surface area contributed by atoms with Crippen LogP contribution in [0.4, 0.5) is 0 Å². The molecule has 0 aliphatic rings. The van der Waals surface area contributed by atoms with Crippen LogP contribution < -0.4 is 5.32 Å². The summed E-state index contributed by atoms with van der Waals surface area (Å²) in [6.07, 6.45) is 2.50. The molecule has 0 unspecified atom stereocenters. The molecule has 1 atom stereocenters. The van der Waals surface area contributed by atoms with Gasteiger partial charge in [-0.2, -0.15) is 0 Å². The first kappa shape index (κ1) is 14.8. The predicted octanol–water partition coefficient (Wildman–Crippen LogP) is 2.99. The van der Waals surface area contributed by atoms with E-state index in [9.17, 15) is 9.59 Å². The van der Waals surface area contributed by atoms with E-state index in [2.05, 4.69) is 11.9 Å². The van der Waals surface area contributed by atoms with Gasteiger partial charge in [-0.3, -0.25) is 4.79 Å². The molecule has 0 fully saturated rings. The summed E-state index contributed by atoms with van der Waals surface area (Å²) in [5.74, 6) is -1.41. The van der Waals surface area contributed by atoms with Crippen LogP contribution in [0.2, 0.25) is 0 Å². The molecule has 108 valence electrons. The smallest absolute Gasteiger partial charge is 0.326 e. The van der Waals surface area contributed by atoms with Gasteiger partial charge in [0.2, 0.25) is 0 Å². The largest absolute Gasteiger partial charge is 0.480 e. The van der Waals surface area contributed by atoms with Gasteiger partial charge in [-0.15, -0.1) is 6.58 Å². The molecule has 4 heteroatoms. The fourth-order valence-corrected chi connectivity index (χ4v) is 2.20. The average molecular weight is 283 g/mol. The lowest BCUT2D eigenvalue weighted by Crippen LogP contribution is -2.40. The Hall–Kier alpha value is -2.62. The van der Waals surface area contributed by atoms with Crippen molar-refractivity contribution in [3.8, 4) is 0 Å². The Morgan fingerprint density at radius 1 is 1.19 bits per heavy atom. The van der Waals surface area contributed by atoms with Crippen molar-refractivity contribution in [2.75, 3.05) is 0 Å². The van der Waals surface area contributed by atoms with E-state index in [4.69, 9.17) is 5.11 Å². The number of benzene rings is 2. The van der Waals surface area contributed by atoms with Gasteiger partial charge in [-0.25, -0.2) is 4.79 Å². The maximum Gasteiger partial charge on any atom is 0.326 e. The standard InChI is InChI=1S/C17H17NO3/c1-2-3-11-15(17(20)21)18-16(19)14-10-6-8-12-7-4-5-9-13(12)14/h2,4-10,15H,1,3,11H2,(H,18,19)(H,20,21)/t15-/m1/s1. The number of amides is 1. The topological polar surface area (TPSA) is 66.4 Å². The number of carbonyl (C=O) groups excluding carboxylic acids is 1. The summed E-state index contributed by atoms with van der Waals surface area (Å²) in [4.78, 5) is 23.5. The molecular weight excluding hydrogens is 266 g/mol. The molecule has 4 nitrogen and oxygen atoms in total. The first-order chi connectivity index (χ1) is 10.1. The highest BCUT2D eigenvalue weighted by molar-refractivity contribution is 6.07. The number of fused-ring (bicyclic) bond motifs is 1. The van der Waals surface area contributed by atoms with Gasteiger partial charge >= 0.3 is 5.97 Å². The SMILES string of the molecule is C=CCC[C@@H](NC(=O)c1cccc2ccccc12)C(=O)O. The number of rotatable bonds is 6. The summed E-state index contributed by atoms with van der Waals surface area (Å²) in [5, 5.41) is 13.5. The van der Waals surface area contributed by atoms with Crippen molar-refractivity contribution in [3.63, 3.8) is 0 Å². The van der Waals surface area contributed by atoms with E-state index in [0.29, 0.717) is 18.4 Å². The highest BCUT2D eigenvalue weighted by Crippen LogP contribution is 2.18. The van der Waals surface area contributed by atoms with E-state index in [1.807, 2.05) is 30.3 Å². The van der Waals surface area contributed by atoms with E-state index in [0.717, 1.165) is 10.8 Å². The molecular formula is C17H17NO3. The second kappa shape index (κ2) is 6.70. The third-order valence-electron chi connectivity index (χ3n) is 3.30. The Bertz CT molecular complexity index is 673. The third-order valence-corrected chi connectivity index (χ3v) is 3.30. The monoisotopic (exact) mass is 283 g/mol. The molecule has 0 bridgehead atoms. The van der Waals surface area contributed by atoms with Gasteiger partial charge in [0.1, 0.15) is 6.04 Å². The highest BCUT2D eigenvalue weighted by atomic mass is 16.4. The molecule has 0 aromatic heterocycles. The van der Waals surface area contributed by atoms with E-state index >= 15 is 0 Å². The molecule has 2 aromatic rings. The second-order valence-corrected chi connectivity index (χ2v) is 4.76. The fourth-order valence-electron chi connectivity index (χ4n) is 2.20. The van der Waals surface area contributed by atoms with Gasteiger partial charge < -0.3 is 10.4 Å². The van der Waals surface area contributed by atoms with Crippen molar-refractivity contribution in [2.45, 2.75) is 18.9 Å². The minimum Gasteiger partial charge on any atom is -0.480 e. The minimum atomic E-state index is -1.04. The molecule has 0 aliphatic carbocycles. The number of hydrogen-bond donors (Lipinski definition) is 2.